The van der Waals surface area contributed by atoms with Crippen molar-refractivity contribution in [3.05, 3.63) is 35.9 Å². The molecule has 0 bridgehead atoms. The summed E-state index contributed by atoms with van der Waals surface area (Å²) in [5.74, 6) is -0.571. The first-order chi connectivity index (χ1) is 14.9. The van der Waals surface area contributed by atoms with Crippen molar-refractivity contribution in [3.63, 3.8) is 0 Å². The Bertz CT molecular complexity index is 695. The molecule has 1 unspecified atom stereocenters. The third kappa shape index (κ3) is 9.35. The quantitative estimate of drug-likeness (QED) is 0.573. The van der Waals surface area contributed by atoms with Gasteiger partial charge in [-0.15, -0.1) is 0 Å². The van der Waals surface area contributed by atoms with Gasteiger partial charge in [-0.05, 0) is 24.8 Å². The summed E-state index contributed by atoms with van der Waals surface area (Å²) in [5, 5.41) is 8.02. The number of hydrogen-bond acceptors (Lipinski definition) is 5. The van der Waals surface area contributed by atoms with E-state index in [2.05, 4.69) is 21.7 Å². The summed E-state index contributed by atoms with van der Waals surface area (Å²) < 4.78 is 11.1. The molecule has 2 aliphatic heterocycles. The molecule has 0 radical (unpaired) electrons. The zero-order valence-electron chi connectivity index (χ0n) is 18.2. The van der Waals surface area contributed by atoms with E-state index in [0.29, 0.717) is 19.5 Å². The molecule has 2 heterocycles. The molecular weight excluding hydrogens is 400 g/mol. The number of rotatable bonds is 3. The van der Waals surface area contributed by atoms with Crippen LogP contribution in [0.3, 0.4) is 0 Å². The van der Waals surface area contributed by atoms with Crippen LogP contribution in [0.5, 0.6) is 0 Å². The summed E-state index contributed by atoms with van der Waals surface area (Å²) in [7, 11) is 0. The average molecular weight is 435 g/mol. The fourth-order valence-corrected chi connectivity index (χ4v) is 3.60. The van der Waals surface area contributed by atoms with Gasteiger partial charge >= 0.3 is 6.03 Å². The van der Waals surface area contributed by atoms with E-state index in [0.717, 1.165) is 31.6 Å². The maximum atomic E-state index is 11.5. The monoisotopic (exact) mass is 434 g/mol. The Hall–Kier alpha value is -2.65. The average Bonchev–Trinajstić information content (AvgIpc) is 3.37. The summed E-state index contributed by atoms with van der Waals surface area (Å²) in [4.78, 5) is 32.0. The lowest BCUT2D eigenvalue weighted by Gasteiger charge is -2.30. The Balaban J connectivity index is 0.000000205. The molecule has 1 aromatic carbocycles. The molecule has 2 saturated heterocycles. The molecule has 1 saturated carbocycles. The molecule has 172 valence electrons. The largest absolute Gasteiger partial charge is 0.370 e. The van der Waals surface area contributed by atoms with Crippen molar-refractivity contribution in [2.75, 3.05) is 19.8 Å². The second kappa shape index (κ2) is 12.9. The van der Waals surface area contributed by atoms with Crippen LogP contribution >= 0.6 is 0 Å². The van der Waals surface area contributed by atoms with E-state index >= 15 is 0 Å². The highest BCUT2D eigenvalue weighted by molar-refractivity contribution is 5.88. The molecule has 1 atom stereocenters. The number of primary amides is 1. The van der Waals surface area contributed by atoms with E-state index in [-0.39, 0.29) is 23.6 Å². The minimum absolute atomic E-state index is 0.111. The highest BCUT2D eigenvalue weighted by atomic mass is 16.7. The summed E-state index contributed by atoms with van der Waals surface area (Å²) in [5.41, 5.74) is 5.50. The van der Waals surface area contributed by atoms with Crippen LogP contribution < -0.4 is 21.7 Å². The van der Waals surface area contributed by atoms with Gasteiger partial charge in [0.15, 0.2) is 5.79 Å². The van der Waals surface area contributed by atoms with Crippen molar-refractivity contribution < 1.29 is 23.9 Å². The van der Waals surface area contributed by atoms with Crippen LogP contribution in [0, 0.1) is 0 Å². The molecule has 31 heavy (non-hydrogen) atoms. The van der Waals surface area contributed by atoms with E-state index in [1.165, 1.54) is 26.2 Å². The lowest BCUT2D eigenvalue weighted by atomic mass is 9.94. The van der Waals surface area contributed by atoms with Crippen LogP contribution in [-0.2, 0) is 25.6 Å². The molecule has 5 N–H and O–H groups in total. The van der Waals surface area contributed by atoms with E-state index < -0.39 is 6.04 Å². The number of benzene rings is 1. The number of hydrogen-bond donors (Lipinski definition) is 4. The second-order valence-corrected chi connectivity index (χ2v) is 7.72. The van der Waals surface area contributed by atoms with Gasteiger partial charge in [-0.2, -0.15) is 0 Å². The normalized spacial score (nSPS) is 21.1. The molecule has 0 aromatic heterocycles. The smallest absolute Gasteiger partial charge is 0.315 e. The second-order valence-electron chi connectivity index (χ2n) is 7.72. The zero-order chi connectivity index (χ0) is 22.5. The number of urea groups is 1. The maximum absolute atomic E-state index is 11.5. The number of carbonyl (C=O) groups excluding carboxylic acids is 3. The van der Waals surface area contributed by atoms with Crippen molar-refractivity contribution in [2.45, 2.75) is 63.8 Å². The van der Waals surface area contributed by atoms with Gasteiger partial charge in [-0.3, -0.25) is 9.59 Å². The molecule has 3 fully saturated rings. The number of ether oxygens (including phenoxy) is 2. The van der Waals surface area contributed by atoms with E-state index in [1.807, 2.05) is 30.3 Å². The molecule has 4 amide bonds. The highest BCUT2D eigenvalue weighted by Crippen LogP contribution is 2.35. The van der Waals surface area contributed by atoms with Gasteiger partial charge in [0.05, 0.1) is 13.2 Å². The van der Waals surface area contributed by atoms with Gasteiger partial charge in [0, 0.05) is 32.9 Å². The first-order valence-corrected chi connectivity index (χ1v) is 10.8. The number of carbonyl (C=O) groups is 3. The van der Waals surface area contributed by atoms with Gasteiger partial charge < -0.3 is 31.2 Å². The molecule has 1 aromatic rings. The van der Waals surface area contributed by atoms with Gasteiger partial charge in [0.2, 0.25) is 11.8 Å². The van der Waals surface area contributed by atoms with Gasteiger partial charge in [0.1, 0.15) is 6.04 Å². The van der Waals surface area contributed by atoms with Gasteiger partial charge in [-0.25, -0.2) is 4.79 Å². The zero-order valence-corrected chi connectivity index (χ0v) is 18.2. The van der Waals surface area contributed by atoms with Crippen LogP contribution in [0.15, 0.2) is 30.3 Å². The van der Waals surface area contributed by atoms with Gasteiger partial charge in [0.25, 0.3) is 0 Å². The number of amides is 4. The molecule has 9 nitrogen and oxygen atoms in total. The number of nitrogens with two attached hydrogens (primary N) is 1. The minimum Gasteiger partial charge on any atom is -0.370 e. The van der Waals surface area contributed by atoms with Crippen LogP contribution in [0.2, 0.25) is 0 Å². The standard InChI is InChI=1S/C12H15N3O2.C8H14O2.C2H5NO/c16-11-10(6-7-13-11)15-12(17)14-8-9-4-2-1-3-5-9;1-2-4-8(5-3-1)9-6-7-10-8;1-2(3)4/h1-5,10H,6-8H2,(H,13,16)(H2,14,15,17);1-7H2;1H3,(H2,3,4). The van der Waals surface area contributed by atoms with Crippen molar-refractivity contribution in [3.8, 4) is 0 Å². The molecule has 1 aliphatic carbocycles. The minimum atomic E-state index is -0.397. The Labute approximate surface area is 183 Å². The molecule has 4 rings (SSSR count). The third-order valence-corrected chi connectivity index (χ3v) is 5.08. The summed E-state index contributed by atoms with van der Waals surface area (Å²) in [6, 6.07) is 8.91. The third-order valence-electron chi connectivity index (χ3n) is 5.08. The van der Waals surface area contributed by atoms with Crippen molar-refractivity contribution in [2.24, 2.45) is 5.73 Å². The fourth-order valence-electron chi connectivity index (χ4n) is 3.60. The SMILES string of the molecule is C1CCC2(CC1)OCCO2.CC(N)=O.O=C(NCc1ccccc1)NC1CCNC1=O. The molecule has 1 spiro atoms. The van der Waals surface area contributed by atoms with Crippen LogP contribution in [0.25, 0.3) is 0 Å². The van der Waals surface area contributed by atoms with Gasteiger partial charge in [-0.1, -0.05) is 36.8 Å². The van der Waals surface area contributed by atoms with E-state index in [1.54, 1.807) is 0 Å². The van der Waals surface area contributed by atoms with Crippen molar-refractivity contribution in [1.82, 2.24) is 16.0 Å². The van der Waals surface area contributed by atoms with Crippen LogP contribution in [-0.4, -0.2) is 49.4 Å². The Morgan fingerprint density at radius 2 is 1.74 bits per heavy atom. The molecule has 3 aliphatic rings. The maximum Gasteiger partial charge on any atom is 0.315 e. The van der Waals surface area contributed by atoms with E-state index in [9.17, 15) is 14.4 Å². The Morgan fingerprint density at radius 3 is 2.29 bits per heavy atom. The number of nitrogens with one attached hydrogen (secondary N) is 3. The summed E-state index contributed by atoms with van der Waals surface area (Å²) >= 11 is 0. The van der Waals surface area contributed by atoms with E-state index in [4.69, 9.17) is 9.47 Å². The first-order valence-electron chi connectivity index (χ1n) is 10.8. The molecular formula is C22H34N4O5. The lowest BCUT2D eigenvalue weighted by molar-refractivity contribution is -0.176. The lowest BCUT2D eigenvalue weighted by Crippen LogP contribution is -2.45. The summed E-state index contributed by atoms with van der Waals surface area (Å²) in [6.07, 6.45) is 6.80. The predicted molar refractivity (Wildman–Crippen MR) is 116 cm³/mol. The predicted octanol–water partition coefficient (Wildman–Crippen LogP) is 1.56. The van der Waals surface area contributed by atoms with Crippen LogP contribution in [0.1, 0.15) is 51.0 Å². The Kier molecular flexibility index (Phi) is 10.3. The molecule has 9 heteroatoms. The van der Waals surface area contributed by atoms with Crippen molar-refractivity contribution in [1.29, 1.82) is 0 Å². The summed E-state index contributed by atoms with van der Waals surface area (Å²) in [6.45, 7) is 4.00. The topological polar surface area (TPSA) is 132 Å². The first kappa shape index (κ1) is 24.6. The fraction of sp³-hybridized carbons (Fsp3) is 0.591. The van der Waals surface area contributed by atoms with Crippen molar-refractivity contribution >= 4 is 17.8 Å². The Morgan fingerprint density at radius 1 is 1.13 bits per heavy atom. The highest BCUT2D eigenvalue weighted by Gasteiger charge is 2.37. The van der Waals surface area contributed by atoms with Crippen LogP contribution in [0.4, 0.5) is 4.79 Å².